The molecule has 0 bridgehead atoms. The zero-order chi connectivity index (χ0) is 10.8. The van der Waals surface area contributed by atoms with Crippen molar-refractivity contribution in [1.29, 1.82) is 0 Å². The van der Waals surface area contributed by atoms with Crippen LogP contribution < -0.4 is 0 Å². The summed E-state index contributed by atoms with van der Waals surface area (Å²) in [5.74, 6) is 0. The number of nitrogens with zero attached hydrogens (tertiary/aromatic N) is 1. The number of aromatic amines is 1. The fraction of sp³-hybridized carbons (Fsp3) is 0.700. The number of nitrogens with one attached hydrogen (secondary N) is 1. The zero-order valence-corrected chi connectivity index (χ0v) is 10.7. The van der Waals surface area contributed by atoms with Crippen LogP contribution in [0.4, 0.5) is 0 Å². The first-order chi connectivity index (χ1) is 6.33. The molecule has 1 aromatic rings. The molecule has 0 unspecified atom stereocenters. The van der Waals surface area contributed by atoms with Crippen LogP contribution in [0.5, 0.6) is 0 Å². The van der Waals surface area contributed by atoms with E-state index in [-0.39, 0.29) is 5.04 Å². The molecule has 0 aliphatic heterocycles. The fourth-order valence-electron chi connectivity index (χ4n) is 0.840. The lowest BCUT2D eigenvalue weighted by Gasteiger charge is -2.35. The molecule has 0 radical (unpaired) electrons. The van der Waals surface area contributed by atoms with E-state index in [9.17, 15) is 0 Å². The first-order valence-electron chi connectivity index (χ1n) is 4.95. The molecule has 0 amide bonds. The van der Waals surface area contributed by atoms with Gasteiger partial charge in [-0.2, -0.15) is 5.10 Å². The van der Waals surface area contributed by atoms with Crippen molar-refractivity contribution in [1.82, 2.24) is 10.2 Å². The molecule has 1 heterocycles. The van der Waals surface area contributed by atoms with Crippen LogP contribution in [0.15, 0.2) is 12.3 Å². The topological polar surface area (TPSA) is 37.9 Å². The van der Waals surface area contributed by atoms with Gasteiger partial charge in [0, 0.05) is 6.20 Å². The molecule has 0 saturated carbocycles. The van der Waals surface area contributed by atoms with Crippen molar-refractivity contribution in [3.8, 4) is 0 Å². The van der Waals surface area contributed by atoms with Crippen molar-refractivity contribution in [3.05, 3.63) is 18.0 Å². The summed E-state index contributed by atoms with van der Waals surface area (Å²) >= 11 is 0. The van der Waals surface area contributed by atoms with Gasteiger partial charge in [-0.1, -0.05) is 20.8 Å². The Morgan fingerprint density at radius 2 is 2.07 bits per heavy atom. The largest absolute Gasteiger partial charge is 0.411 e. The summed E-state index contributed by atoms with van der Waals surface area (Å²) in [5.41, 5.74) is 1.05. The molecule has 14 heavy (non-hydrogen) atoms. The number of rotatable bonds is 3. The summed E-state index contributed by atoms with van der Waals surface area (Å²) in [5, 5.41) is 7.07. The van der Waals surface area contributed by atoms with E-state index in [2.05, 4.69) is 44.1 Å². The van der Waals surface area contributed by atoms with E-state index in [1.807, 2.05) is 6.07 Å². The maximum atomic E-state index is 6.01. The van der Waals surface area contributed by atoms with E-state index in [0.717, 1.165) is 5.69 Å². The lowest BCUT2D eigenvalue weighted by Crippen LogP contribution is -2.40. The summed E-state index contributed by atoms with van der Waals surface area (Å²) in [6, 6.07) is 1.95. The summed E-state index contributed by atoms with van der Waals surface area (Å²) in [4.78, 5) is 0. The van der Waals surface area contributed by atoms with Gasteiger partial charge in [0.05, 0.1) is 12.3 Å². The summed E-state index contributed by atoms with van der Waals surface area (Å²) in [7, 11) is -1.61. The minimum atomic E-state index is -1.61. The molecule has 3 nitrogen and oxygen atoms in total. The van der Waals surface area contributed by atoms with E-state index in [1.165, 1.54) is 0 Å². The number of hydrogen-bond donors (Lipinski definition) is 1. The van der Waals surface area contributed by atoms with Crippen LogP contribution in [0, 0.1) is 0 Å². The van der Waals surface area contributed by atoms with Crippen molar-refractivity contribution in [2.75, 3.05) is 0 Å². The van der Waals surface area contributed by atoms with E-state index in [4.69, 9.17) is 4.43 Å². The maximum Gasteiger partial charge on any atom is 0.192 e. The van der Waals surface area contributed by atoms with Crippen LogP contribution in [0.2, 0.25) is 18.1 Å². The van der Waals surface area contributed by atoms with E-state index < -0.39 is 8.32 Å². The summed E-state index contributed by atoms with van der Waals surface area (Å²) < 4.78 is 6.01. The molecule has 0 fully saturated rings. The quantitative estimate of drug-likeness (QED) is 0.782. The Hall–Kier alpha value is -0.613. The first-order valence-corrected chi connectivity index (χ1v) is 7.86. The first kappa shape index (κ1) is 11.5. The average molecular weight is 212 g/mol. The van der Waals surface area contributed by atoms with Crippen LogP contribution in [-0.2, 0) is 11.0 Å². The van der Waals surface area contributed by atoms with E-state index in [1.54, 1.807) is 6.20 Å². The lowest BCUT2D eigenvalue weighted by molar-refractivity contribution is 0.272. The normalized spacial score (nSPS) is 13.2. The second-order valence-electron chi connectivity index (χ2n) is 5.13. The minimum Gasteiger partial charge on any atom is -0.411 e. The van der Waals surface area contributed by atoms with Gasteiger partial charge in [0.2, 0.25) is 0 Å². The van der Waals surface area contributed by atoms with Gasteiger partial charge in [-0.3, -0.25) is 5.10 Å². The predicted molar refractivity (Wildman–Crippen MR) is 60.6 cm³/mol. The smallest absolute Gasteiger partial charge is 0.192 e. The van der Waals surface area contributed by atoms with Gasteiger partial charge in [0.15, 0.2) is 8.32 Å². The van der Waals surface area contributed by atoms with Crippen molar-refractivity contribution in [2.45, 2.75) is 45.5 Å². The maximum absolute atomic E-state index is 6.01. The highest BCUT2D eigenvalue weighted by atomic mass is 28.4. The standard InChI is InChI=1S/C10H20N2OSi/c1-10(2,3)14(4,5)13-8-9-6-7-11-12-9/h6-7H,8H2,1-5H3,(H,11,12). The third-order valence-corrected chi connectivity index (χ3v) is 7.43. The molecular weight excluding hydrogens is 192 g/mol. The second-order valence-corrected chi connectivity index (χ2v) is 9.94. The highest BCUT2D eigenvalue weighted by Gasteiger charge is 2.37. The highest BCUT2D eigenvalue weighted by Crippen LogP contribution is 2.36. The second kappa shape index (κ2) is 3.86. The zero-order valence-electron chi connectivity index (χ0n) is 9.72. The van der Waals surface area contributed by atoms with Crippen LogP contribution in [0.25, 0.3) is 0 Å². The number of H-pyrrole nitrogens is 1. The molecule has 80 valence electrons. The highest BCUT2D eigenvalue weighted by molar-refractivity contribution is 6.74. The third kappa shape index (κ3) is 2.69. The Morgan fingerprint density at radius 3 is 2.50 bits per heavy atom. The molecule has 1 N–H and O–H groups in total. The molecule has 0 aliphatic carbocycles. The van der Waals surface area contributed by atoms with Crippen molar-refractivity contribution >= 4 is 8.32 Å². The van der Waals surface area contributed by atoms with Gasteiger partial charge in [-0.15, -0.1) is 0 Å². The molecule has 0 saturated heterocycles. The Bertz CT molecular complexity index is 275. The van der Waals surface area contributed by atoms with E-state index in [0.29, 0.717) is 6.61 Å². The number of hydrogen-bond acceptors (Lipinski definition) is 2. The summed E-state index contributed by atoms with van der Waals surface area (Å²) in [6.45, 7) is 11.9. The Balaban J connectivity index is 2.53. The van der Waals surface area contributed by atoms with Gasteiger partial charge in [-0.05, 0) is 24.2 Å². The monoisotopic (exact) mass is 212 g/mol. The van der Waals surface area contributed by atoms with E-state index >= 15 is 0 Å². The van der Waals surface area contributed by atoms with Gasteiger partial charge in [-0.25, -0.2) is 0 Å². The SMILES string of the molecule is CC(C)(C)[Si](C)(C)OCc1ccn[nH]1. The van der Waals surface area contributed by atoms with Gasteiger partial charge < -0.3 is 4.43 Å². The van der Waals surface area contributed by atoms with Gasteiger partial charge in [0.25, 0.3) is 0 Å². The average Bonchev–Trinajstić information content (AvgIpc) is 2.50. The van der Waals surface area contributed by atoms with Crippen molar-refractivity contribution in [2.24, 2.45) is 0 Å². The fourth-order valence-corrected chi connectivity index (χ4v) is 1.79. The molecular formula is C10H20N2OSi. The molecule has 0 aromatic carbocycles. The van der Waals surface area contributed by atoms with Gasteiger partial charge >= 0.3 is 0 Å². The molecule has 0 atom stereocenters. The summed E-state index contributed by atoms with van der Waals surface area (Å²) in [6.07, 6.45) is 1.75. The Labute approximate surface area is 87.0 Å². The van der Waals surface area contributed by atoms with Crippen LogP contribution in [-0.4, -0.2) is 18.5 Å². The molecule has 1 rings (SSSR count). The number of aromatic nitrogens is 2. The molecule has 0 spiro atoms. The van der Waals surface area contributed by atoms with Crippen LogP contribution in [0.3, 0.4) is 0 Å². The van der Waals surface area contributed by atoms with Crippen LogP contribution in [0.1, 0.15) is 26.5 Å². The molecule has 1 aromatic heterocycles. The molecule has 4 heteroatoms. The van der Waals surface area contributed by atoms with Gasteiger partial charge in [0.1, 0.15) is 0 Å². The predicted octanol–water partition coefficient (Wildman–Crippen LogP) is 2.93. The Morgan fingerprint density at radius 1 is 1.43 bits per heavy atom. The van der Waals surface area contributed by atoms with Crippen molar-refractivity contribution < 1.29 is 4.43 Å². The molecule has 0 aliphatic rings. The third-order valence-electron chi connectivity index (χ3n) is 2.95. The van der Waals surface area contributed by atoms with Crippen LogP contribution >= 0.6 is 0 Å². The Kier molecular flexibility index (Phi) is 3.16. The lowest BCUT2D eigenvalue weighted by atomic mass is 10.2. The van der Waals surface area contributed by atoms with Crippen molar-refractivity contribution in [3.63, 3.8) is 0 Å². The minimum absolute atomic E-state index is 0.271.